The number of rotatable bonds is 2. The Hall–Kier alpha value is -1.90. The van der Waals surface area contributed by atoms with Crippen LogP contribution in [-0.4, -0.2) is 27.7 Å². The summed E-state index contributed by atoms with van der Waals surface area (Å²) in [7, 11) is 0. The summed E-state index contributed by atoms with van der Waals surface area (Å²) in [5, 5.41) is 9.66. The fourth-order valence-corrected chi connectivity index (χ4v) is 2.52. The fraction of sp³-hybridized carbons (Fsp3) is 0.0769. The molecule has 1 heterocycles. The van der Waals surface area contributed by atoms with Gasteiger partial charge in [0.15, 0.2) is 0 Å². The summed E-state index contributed by atoms with van der Waals surface area (Å²) in [4.78, 5) is 24.7. The van der Waals surface area contributed by atoms with Gasteiger partial charge in [-0.15, -0.1) is 6.42 Å². The van der Waals surface area contributed by atoms with E-state index in [2.05, 4.69) is 5.92 Å². The number of halogens is 1. The fourth-order valence-electron chi connectivity index (χ4n) is 1.51. The van der Waals surface area contributed by atoms with E-state index in [1.54, 1.807) is 0 Å². The highest BCUT2D eigenvalue weighted by atomic mass is 35.5. The standard InChI is InChI=1S/C13H8ClNO3S/c1-2-5-15-12(17)11(19-13(15)18)7-8-6-9(14)3-4-10(8)16/h1,3-4,6-7,16H,5H2/b11-7+. The summed E-state index contributed by atoms with van der Waals surface area (Å²) in [6.45, 7) is -0.0659. The van der Waals surface area contributed by atoms with Crippen LogP contribution >= 0.6 is 23.4 Å². The minimum atomic E-state index is -0.465. The number of hydrogen-bond donors (Lipinski definition) is 1. The molecule has 6 heteroatoms. The summed E-state index contributed by atoms with van der Waals surface area (Å²) in [6.07, 6.45) is 6.51. The van der Waals surface area contributed by atoms with Gasteiger partial charge < -0.3 is 5.11 Å². The van der Waals surface area contributed by atoms with E-state index in [9.17, 15) is 14.7 Å². The summed E-state index contributed by atoms with van der Waals surface area (Å²) in [5.41, 5.74) is 0.374. The molecule has 0 spiro atoms. The van der Waals surface area contributed by atoms with E-state index in [0.29, 0.717) is 10.6 Å². The SMILES string of the molecule is C#CCN1C(=O)S/C(=C/c2cc(Cl)ccc2O)C1=O. The molecule has 0 radical (unpaired) electrons. The molecule has 0 bridgehead atoms. The van der Waals surface area contributed by atoms with Gasteiger partial charge in [0.05, 0.1) is 11.4 Å². The highest BCUT2D eigenvalue weighted by molar-refractivity contribution is 8.18. The van der Waals surface area contributed by atoms with Gasteiger partial charge in [-0.25, -0.2) is 0 Å². The normalized spacial score (nSPS) is 17.1. The lowest BCUT2D eigenvalue weighted by molar-refractivity contribution is -0.122. The number of imide groups is 1. The zero-order chi connectivity index (χ0) is 14.0. The van der Waals surface area contributed by atoms with E-state index < -0.39 is 11.1 Å². The van der Waals surface area contributed by atoms with Gasteiger partial charge in [-0.05, 0) is 36.0 Å². The van der Waals surface area contributed by atoms with Crippen LogP contribution < -0.4 is 0 Å². The topological polar surface area (TPSA) is 57.6 Å². The van der Waals surface area contributed by atoms with Gasteiger partial charge in [0.2, 0.25) is 0 Å². The molecule has 1 fully saturated rings. The van der Waals surface area contributed by atoms with Crippen LogP contribution in [0.4, 0.5) is 4.79 Å². The predicted molar refractivity (Wildman–Crippen MR) is 74.6 cm³/mol. The molecule has 0 aliphatic carbocycles. The number of carbonyl (C=O) groups excluding carboxylic acids is 2. The number of nitrogens with zero attached hydrogens (tertiary/aromatic N) is 1. The van der Waals surface area contributed by atoms with Crippen molar-refractivity contribution in [3.05, 3.63) is 33.7 Å². The molecule has 4 nitrogen and oxygen atoms in total. The van der Waals surface area contributed by atoms with Crippen LogP contribution in [0.2, 0.25) is 5.02 Å². The summed E-state index contributed by atoms with van der Waals surface area (Å²) in [6, 6.07) is 4.45. The minimum absolute atomic E-state index is 0.0202. The maximum absolute atomic E-state index is 11.9. The Morgan fingerprint density at radius 3 is 2.89 bits per heavy atom. The molecule has 1 aliphatic rings. The van der Waals surface area contributed by atoms with Gasteiger partial charge in [0.25, 0.3) is 11.1 Å². The predicted octanol–water partition coefficient (Wildman–Crippen LogP) is 2.72. The lowest BCUT2D eigenvalue weighted by atomic mass is 10.2. The van der Waals surface area contributed by atoms with Gasteiger partial charge in [-0.2, -0.15) is 0 Å². The van der Waals surface area contributed by atoms with Crippen molar-refractivity contribution in [1.82, 2.24) is 4.90 Å². The molecule has 1 aromatic rings. The number of phenols is 1. The smallest absolute Gasteiger partial charge is 0.294 e. The number of hydrogen-bond acceptors (Lipinski definition) is 4. The van der Waals surface area contributed by atoms with Crippen LogP contribution in [0.25, 0.3) is 6.08 Å². The van der Waals surface area contributed by atoms with Crippen molar-refractivity contribution in [3.63, 3.8) is 0 Å². The van der Waals surface area contributed by atoms with Crippen molar-refractivity contribution in [3.8, 4) is 18.1 Å². The van der Waals surface area contributed by atoms with E-state index in [1.165, 1.54) is 24.3 Å². The van der Waals surface area contributed by atoms with Crippen LogP contribution in [0.5, 0.6) is 5.75 Å². The number of benzene rings is 1. The Balaban J connectivity index is 2.35. The Kier molecular flexibility index (Phi) is 3.84. The third kappa shape index (κ3) is 2.75. The lowest BCUT2D eigenvalue weighted by Gasteiger charge is -2.06. The van der Waals surface area contributed by atoms with Crippen molar-refractivity contribution in [2.24, 2.45) is 0 Å². The molecular weight excluding hydrogens is 286 g/mol. The maximum atomic E-state index is 11.9. The molecule has 19 heavy (non-hydrogen) atoms. The highest BCUT2D eigenvalue weighted by Crippen LogP contribution is 2.34. The largest absolute Gasteiger partial charge is 0.507 e. The molecule has 1 N–H and O–H groups in total. The quantitative estimate of drug-likeness (QED) is 0.673. The number of thioether (sulfide) groups is 1. The Labute approximate surface area is 119 Å². The van der Waals surface area contributed by atoms with Crippen LogP contribution in [0.1, 0.15) is 5.56 Å². The van der Waals surface area contributed by atoms with E-state index in [-0.39, 0.29) is 17.2 Å². The first-order valence-electron chi connectivity index (χ1n) is 5.20. The van der Waals surface area contributed by atoms with E-state index in [4.69, 9.17) is 18.0 Å². The van der Waals surface area contributed by atoms with Gasteiger partial charge in [-0.1, -0.05) is 17.5 Å². The van der Waals surface area contributed by atoms with Crippen LogP contribution in [0.3, 0.4) is 0 Å². The highest BCUT2D eigenvalue weighted by Gasteiger charge is 2.34. The van der Waals surface area contributed by atoms with Crippen molar-refractivity contribution >= 4 is 40.6 Å². The van der Waals surface area contributed by atoms with Crippen LogP contribution in [0, 0.1) is 12.3 Å². The lowest BCUT2D eigenvalue weighted by Crippen LogP contribution is -2.28. The van der Waals surface area contributed by atoms with Crippen molar-refractivity contribution in [2.75, 3.05) is 6.54 Å². The second-order valence-corrected chi connectivity index (χ2v) is 5.10. The van der Waals surface area contributed by atoms with E-state index in [1.807, 2.05) is 0 Å². The van der Waals surface area contributed by atoms with E-state index in [0.717, 1.165) is 16.7 Å². The number of phenolic OH excluding ortho intramolecular Hbond substituents is 1. The molecule has 2 amide bonds. The molecule has 1 saturated heterocycles. The van der Waals surface area contributed by atoms with Crippen molar-refractivity contribution in [1.29, 1.82) is 0 Å². The van der Waals surface area contributed by atoms with Crippen molar-refractivity contribution < 1.29 is 14.7 Å². The minimum Gasteiger partial charge on any atom is -0.507 e. The maximum Gasteiger partial charge on any atom is 0.294 e. The second kappa shape index (κ2) is 5.39. The third-order valence-electron chi connectivity index (χ3n) is 2.40. The first-order valence-corrected chi connectivity index (χ1v) is 6.39. The van der Waals surface area contributed by atoms with Gasteiger partial charge >= 0.3 is 0 Å². The van der Waals surface area contributed by atoms with Gasteiger partial charge in [0, 0.05) is 10.6 Å². The van der Waals surface area contributed by atoms with Gasteiger partial charge in [-0.3, -0.25) is 14.5 Å². The van der Waals surface area contributed by atoms with Gasteiger partial charge in [0.1, 0.15) is 5.75 Å². The second-order valence-electron chi connectivity index (χ2n) is 3.68. The average molecular weight is 294 g/mol. The molecule has 0 aromatic heterocycles. The number of aromatic hydroxyl groups is 1. The van der Waals surface area contributed by atoms with Crippen LogP contribution in [-0.2, 0) is 4.79 Å². The molecule has 0 atom stereocenters. The number of terminal acetylenes is 1. The number of amides is 2. The Bertz CT molecular complexity index is 633. The molecule has 0 unspecified atom stereocenters. The molecule has 1 aliphatic heterocycles. The number of carbonyl (C=O) groups is 2. The molecule has 1 aromatic carbocycles. The zero-order valence-electron chi connectivity index (χ0n) is 9.59. The molecule has 0 saturated carbocycles. The molecular formula is C13H8ClNO3S. The van der Waals surface area contributed by atoms with Crippen LogP contribution in [0.15, 0.2) is 23.1 Å². The molecule has 2 rings (SSSR count). The zero-order valence-corrected chi connectivity index (χ0v) is 11.2. The monoisotopic (exact) mass is 293 g/mol. The summed E-state index contributed by atoms with van der Waals surface area (Å²) >= 11 is 6.59. The van der Waals surface area contributed by atoms with E-state index >= 15 is 0 Å². The third-order valence-corrected chi connectivity index (χ3v) is 3.54. The summed E-state index contributed by atoms with van der Waals surface area (Å²) < 4.78 is 0. The molecule has 96 valence electrons. The summed E-state index contributed by atoms with van der Waals surface area (Å²) in [5.74, 6) is 1.76. The Morgan fingerprint density at radius 1 is 1.47 bits per heavy atom. The average Bonchev–Trinajstić information content (AvgIpc) is 2.62. The van der Waals surface area contributed by atoms with Crippen molar-refractivity contribution in [2.45, 2.75) is 0 Å². The Morgan fingerprint density at radius 2 is 2.21 bits per heavy atom. The first kappa shape index (κ1) is 13.5. The first-order chi connectivity index (χ1) is 9.02.